The molecule has 1 aromatic heterocycles. The van der Waals surface area contributed by atoms with E-state index in [9.17, 15) is 4.39 Å². The molecule has 2 aromatic rings. The molecule has 0 aliphatic heterocycles. The molecule has 1 unspecified atom stereocenters. The van der Waals surface area contributed by atoms with E-state index in [4.69, 9.17) is 5.26 Å². The maximum absolute atomic E-state index is 13.7. The molecular weight excluding hydrogens is 259 g/mol. The standard InChI is InChI=1S/C15H15FN2S/c1-11(7-14-3-2-6-19-14)18-10-13-5-4-12(9-17)8-15(13)16/h2-6,8,11,18H,7,10H2,1H3. The molecule has 0 bridgehead atoms. The Bertz CT molecular complexity index is 572. The van der Waals surface area contributed by atoms with Gasteiger partial charge in [-0.05, 0) is 36.9 Å². The molecule has 2 nitrogen and oxygen atoms in total. The van der Waals surface area contributed by atoms with Crippen molar-refractivity contribution in [2.24, 2.45) is 0 Å². The minimum absolute atomic E-state index is 0.286. The first kappa shape index (κ1) is 13.7. The number of hydrogen-bond donors (Lipinski definition) is 1. The molecule has 1 heterocycles. The van der Waals surface area contributed by atoms with Gasteiger partial charge < -0.3 is 5.32 Å². The van der Waals surface area contributed by atoms with E-state index in [1.807, 2.05) is 12.1 Å². The van der Waals surface area contributed by atoms with Crippen LogP contribution in [0.15, 0.2) is 35.7 Å². The average Bonchev–Trinajstić information content (AvgIpc) is 2.90. The van der Waals surface area contributed by atoms with Gasteiger partial charge in [0.1, 0.15) is 5.82 Å². The highest BCUT2D eigenvalue weighted by molar-refractivity contribution is 7.09. The molecule has 0 saturated carbocycles. The third-order valence-electron chi connectivity index (χ3n) is 2.91. The van der Waals surface area contributed by atoms with Gasteiger partial charge in [0.25, 0.3) is 0 Å². The molecule has 4 heteroatoms. The molecule has 0 fully saturated rings. The van der Waals surface area contributed by atoms with E-state index in [-0.39, 0.29) is 11.9 Å². The third-order valence-corrected chi connectivity index (χ3v) is 3.81. The van der Waals surface area contributed by atoms with Crippen LogP contribution >= 0.6 is 11.3 Å². The van der Waals surface area contributed by atoms with Crippen LogP contribution in [0, 0.1) is 17.1 Å². The molecule has 1 aromatic carbocycles. The number of halogens is 1. The predicted octanol–water partition coefficient (Wildman–Crippen LogP) is 3.48. The second-order valence-electron chi connectivity index (χ2n) is 4.48. The molecule has 1 N–H and O–H groups in total. The van der Waals surface area contributed by atoms with Crippen molar-refractivity contribution < 1.29 is 4.39 Å². The average molecular weight is 274 g/mol. The van der Waals surface area contributed by atoms with Gasteiger partial charge in [-0.1, -0.05) is 12.1 Å². The number of hydrogen-bond acceptors (Lipinski definition) is 3. The van der Waals surface area contributed by atoms with Gasteiger partial charge in [-0.25, -0.2) is 4.39 Å². The number of nitrogens with one attached hydrogen (secondary N) is 1. The minimum atomic E-state index is -0.324. The Morgan fingerprint density at radius 1 is 1.42 bits per heavy atom. The summed E-state index contributed by atoms with van der Waals surface area (Å²) in [5.41, 5.74) is 0.949. The van der Waals surface area contributed by atoms with E-state index < -0.39 is 0 Å². The third kappa shape index (κ3) is 3.88. The van der Waals surface area contributed by atoms with Crippen molar-refractivity contribution in [1.82, 2.24) is 5.32 Å². The second-order valence-corrected chi connectivity index (χ2v) is 5.52. The van der Waals surface area contributed by atoms with Gasteiger partial charge in [-0.2, -0.15) is 5.26 Å². The quantitative estimate of drug-likeness (QED) is 0.906. The van der Waals surface area contributed by atoms with E-state index in [1.165, 1.54) is 10.9 Å². The molecule has 0 radical (unpaired) electrons. The molecule has 0 spiro atoms. The van der Waals surface area contributed by atoms with Gasteiger partial charge in [0, 0.05) is 23.0 Å². The first-order valence-corrected chi connectivity index (χ1v) is 7.01. The van der Waals surface area contributed by atoms with Gasteiger partial charge in [-0.3, -0.25) is 0 Å². The largest absolute Gasteiger partial charge is 0.310 e. The SMILES string of the molecule is CC(Cc1cccs1)NCc1ccc(C#N)cc1F. The van der Waals surface area contributed by atoms with Crippen molar-refractivity contribution in [1.29, 1.82) is 5.26 Å². The molecule has 19 heavy (non-hydrogen) atoms. The fourth-order valence-corrected chi connectivity index (χ4v) is 2.68. The van der Waals surface area contributed by atoms with Crippen LogP contribution in [0.25, 0.3) is 0 Å². The number of nitrogens with zero attached hydrogens (tertiary/aromatic N) is 1. The van der Waals surface area contributed by atoms with Gasteiger partial charge in [0.05, 0.1) is 11.6 Å². The Hall–Kier alpha value is -1.70. The van der Waals surface area contributed by atoms with Crippen LogP contribution in [0.4, 0.5) is 4.39 Å². The monoisotopic (exact) mass is 274 g/mol. The fraction of sp³-hybridized carbons (Fsp3) is 0.267. The summed E-state index contributed by atoms with van der Waals surface area (Å²) in [5, 5.41) is 14.0. The first-order valence-electron chi connectivity index (χ1n) is 6.13. The zero-order valence-corrected chi connectivity index (χ0v) is 11.5. The van der Waals surface area contributed by atoms with Crippen LogP contribution in [-0.4, -0.2) is 6.04 Å². The molecule has 98 valence electrons. The van der Waals surface area contributed by atoms with E-state index in [2.05, 4.69) is 23.7 Å². The van der Waals surface area contributed by atoms with Gasteiger partial charge >= 0.3 is 0 Å². The van der Waals surface area contributed by atoms with Crippen LogP contribution in [-0.2, 0) is 13.0 Å². The summed E-state index contributed by atoms with van der Waals surface area (Å²) in [4.78, 5) is 1.32. The maximum Gasteiger partial charge on any atom is 0.129 e. The summed E-state index contributed by atoms with van der Waals surface area (Å²) in [7, 11) is 0. The van der Waals surface area contributed by atoms with Crippen LogP contribution < -0.4 is 5.32 Å². The fourth-order valence-electron chi connectivity index (χ4n) is 1.85. The van der Waals surface area contributed by atoms with Crippen molar-refractivity contribution >= 4 is 11.3 Å². The Balaban J connectivity index is 1.90. The zero-order chi connectivity index (χ0) is 13.7. The van der Waals surface area contributed by atoms with Gasteiger partial charge in [0.15, 0.2) is 0 Å². The van der Waals surface area contributed by atoms with Gasteiger partial charge in [0.2, 0.25) is 0 Å². The molecular formula is C15H15FN2S. The normalized spacial score (nSPS) is 12.1. The van der Waals surface area contributed by atoms with Crippen molar-refractivity contribution in [3.05, 3.63) is 57.5 Å². The zero-order valence-electron chi connectivity index (χ0n) is 10.7. The summed E-state index contributed by atoms with van der Waals surface area (Å²) >= 11 is 1.73. The van der Waals surface area contributed by atoms with Crippen molar-refractivity contribution in [3.63, 3.8) is 0 Å². The van der Waals surface area contributed by atoms with E-state index >= 15 is 0 Å². The van der Waals surface area contributed by atoms with Crippen molar-refractivity contribution in [2.75, 3.05) is 0 Å². The van der Waals surface area contributed by atoms with Crippen LogP contribution in [0.1, 0.15) is 22.9 Å². The summed E-state index contributed by atoms with van der Waals surface area (Å²) in [6.07, 6.45) is 0.940. The Labute approximate surface area is 116 Å². The molecule has 1 atom stereocenters. The van der Waals surface area contributed by atoms with Crippen molar-refractivity contribution in [3.8, 4) is 6.07 Å². The summed E-state index contributed by atoms with van der Waals surface area (Å²) in [6.45, 7) is 2.56. The molecule has 0 amide bonds. The lowest BCUT2D eigenvalue weighted by atomic mass is 10.1. The lowest BCUT2D eigenvalue weighted by Gasteiger charge is -2.13. The van der Waals surface area contributed by atoms with Crippen LogP contribution in [0.2, 0.25) is 0 Å². The summed E-state index contributed by atoms with van der Waals surface area (Å²) in [6, 6.07) is 10.9. The summed E-state index contributed by atoms with van der Waals surface area (Å²) in [5.74, 6) is -0.324. The van der Waals surface area contributed by atoms with Crippen molar-refractivity contribution in [2.45, 2.75) is 25.9 Å². The number of rotatable bonds is 5. The Morgan fingerprint density at radius 2 is 2.26 bits per heavy atom. The van der Waals surface area contributed by atoms with E-state index in [0.717, 1.165) is 6.42 Å². The Morgan fingerprint density at radius 3 is 2.89 bits per heavy atom. The van der Waals surface area contributed by atoms with Gasteiger partial charge in [-0.15, -0.1) is 11.3 Å². The summed E-state index contributed by atoms with van der Waals surface area (Å²) < 4.78 is 13.7. The molecule has 0 saturated heterocycles. The molecule has 2 rings (SSSR count). The minimum Gasteiger partial charge on any atom is -0.310 e. The molecule has 0 aliphatic carbocycles. The highest BCUT2D eigenvalue weighted by Crippen LogP contribution is 2.13. The highest BCUT2D eigenvalue weighted by atomic mass is 32.1. The second kappa shape index (κ2) is 6.46. The van der Waals surface area contributed by atoms with E-state index in [0.29, 0.717) is 17.7 Å². The first-order chi connectivity index (χ1) is 9.19. The topological polar surface area (TPSA) is 35.8 Å². The molecule has 0 aliphatic rings. The number of thiophene rings is 1. The predicted molar refractivity (Wildman–Crippen MR) is 75.4 cm³/mol. The smallest absolute Gasteiger partial charge is 0.129 e. The number of nitriles is 1. The Kier molecular flexibility index (Phi) is 4.67. The van der Waals surface area contributed by atoms with Crippen LogP contribution in [0.3, 0.4) is 0 Å². The van der Waals surface area contributed by atoms with E-state index in [1.54, 1.807) is 23.5 Å². The number of benzene rings is 1. The lowest BCUT2D eigenvalue weighted by molar-refractivity contribution is 0.527. The lowest BCUT2D eigenvalue weighted by Crippen LogP contribution is -2.27. The van der Waals surface area contributed by atoms with Crippen LogP contribution in [0.5, 0.6) is 0 Å². The highest BCUT2D eigenvalue weighted by Gasteiger charge is 2.07. The maximum atomic E-state index is 13.7.